The second kappa shape index (κ2) is 5.31. The van der Waals surface area contributed by atoms with Crippen LogP contribution in [0.2, 0.25) is 0 Å². The molecule has 2 aromatic heterocycles. The number of amides is 1. The Morgan fingerprint density at radius 2 is 2.10 bits per heavy atom. The van der Waals surface area contributed by atoms with Crippen LogP contribution in [0.4, 0.5) is 0 Å². The molecular formula is C14H14Br2N2OS. The van der Waals surface area contributed by atoms with Crippen LogP contribution in [0.1, 0.15) is 34.7 Å². The van der Waals surface area contributed by atoms with Gasteiger partial charge in [0.15, 0.2) is 0 Å². The first kappa shape index (κ1) is 14.4. The number of carbonyl (C=O) groups is 1. The molecule has 0 radical (unpaired) electrons. The van der Waals surface area contributed by atoms with Crippen molar-refractivity contribution in [2.75, 3.05) is 6.54 Å². The van der Waals surface area contributed by atoms with E-state index in [1.807, 2.05) is 11.0 Å². The van der Waals surface area contributed by atoms with E-state index >= 15 is 0 Å². The maximum absolute atomic E-state index is 12.7. The van der Waals surface area contributed by atoms with Crippen molar-refractivity contribution < 1.29 is 4.79 Å². The van der Waals surface area contributed by atoms with Crippen LogP contribution in [0.3, 0.4) is 0 Å². The van der Waals surface area contributed by atoms with E-state index in [1.165, 1.54) is 22.7 Å². The third-order valence-corrected chi connectivity index (χ3v) is 6.18. The summed E-state index contributed by atoms with van der Waals surface area (Å²) in [5.74, 6) is 0.0939. The average molecular weight is 418 g/mol. The summed E-state index contributed by atoms with van der Waals surface area (Å²) < 4.78 is 4.16. The lowest BCUT2D eigenvalue weighted by Crippen LogP contribution is -2.41. The molecule has 0 aliphatic carbocycles. The van der Waals surface area contributed by atoms with E-state index in [0.717, 1.165) is 26.2 Å². The molecule has 0 bridgehead atoms. The van der Waals surface area contributed by atoms with Crippen LogP contribution in [0, 0.1) is 6.92 Å². The van der Waals surface area contributed by atoms with E-state index < -0.39 is 0 Å². The van der Waals surface area contributed by atoms with Crippen molar-refractivity contribution in [2.24, 2.45) is 0 Å². The average Bonchev–Trinajstić information content (AvgIpc) is 2.93. The molecule has 0 saturated heterocycles. The summed E-state index contributed by atoms with van der Waals surface area (Å²) >= 11 is 8.44. The Balaban J connectivity index is 1.93. The van der Waals surface area contributed by atoms with E-state index in [1.54, 1.807) is 0 Å². The van der Waals surface area contributed by atoms with E-state index in [9.17, 15) is 4.79 Å². The zero-order valence-corrected chi connectivity index (χ0v) is 15.2. The van der Waals surface area contributed by atoms with Crippen LogP contribution < -0.4 is 0 Å². The number of thiophene rings is 1. The lowest BCUT2D eigenvalue weighted by atomic mass is 10.1. The Hall–Kier alpha value is -0.590. The smallest absolute Gasteiger partial charge is 0.256 e. The first-order valence-corrected chi connectivity index (χ1v) is 8.81. The van der Waals surface area contributed by atoms with Gasteiger partial charge in [0.2, 0.25) is 0 Å². The fraction of sp³-hybridized carbons (Fsp3) is 0.357. The van der Waals surface area contributed by atoms with Gasteiger partial charge in [-0.1, -0.05) is 0 Å². The van der Waals surface area contributed by atoms with Crippen molar-refractivity contribution in [3.05, 3.63) is 42.7 Å². The fourth-order valence-electron chi connectivity index (χ4n) is 2.74. The third kappa shape index (κ3) is 2.27. The summed E-state index contributed by atoms with van der Waals surface area (Å²) in [6, 6.07) is 6.24. The van der Waals surface area contributed by atoms with Gasteiger partial charge in [-0.3, -0.25) is 4.79 Å². The number of nitrogens with zero attached hydrogens (tertiary/aromatic N) is 2. The van der Waals surface area contributed by atoms with Gasteiger partial charge in [0, 0.05) is 24.5 Å². The molecule has 106 valence electrons. The Labute approximate surface area is 138 Å². The zero-order chi connectivity index (χ0) is 14.4. The van der Waals surface area contributed by atoms with Crippen molar-refractivity contribution >= 4 is 49.1 Å². The normalized spacial score (nSPS) is 18.2. The molecular weight excluding hydrogens is 404 g/mol. The molecule has 6 heteroatoms. The molecule has 20 heavy (non-hydrogen) atoms. The van der Waals surface area contributed by atoms with E-state index in [2.05, 4.69) is 62.4 Å². The van der Waals surface area contributed by atoms with Gasteiger partial charge < -0.3 is 9.47 Å². The molecule has 2 aromatic rings. The minimum absolute atomic E-state index is 0.0939. The number of aryl methyl sites for hydroxylation is 1. The van der Waals surface area contributed by atoms with Gasteiger partial charge in [-0.15, -0.1) is 11.3 Å². The van der Waals surface area contributed by atoms with Crippen LogP contribution in [0.15, 0.2) is 25.8 Å². The molecule has 0 saturated carbocycles. The highest BCUT2D eigenvalue weighted by Gasteiger charge is 2.30. The highest BCUT2D eigenvalue weighted by molar-refractivity contribution is 9.12. The van der Waals surface area contributed by atoms with Crippen molar-refractivity contribution in [3.8, 4) is 0 Å². The molecule has 1 amide bonds. The molecule has 1 atom stereocenters. The van der Waals surface area contributed by atoms with Crippen molar-refractivity contribution in [1.82, 2.24) is 9.47 Å². The highest BCUT2D eigenvalue weighted by Crippen LogP contribution is 2.35. The van der Waals surface area contributed by atoms with Gasteiger partial charge >= 0.3 is 0 Å². The number of carbonyl (C=O) groups excluding carboxylic acids is 1. The first-order valence-electron chi connectivity index (χ1n) is 6.41. The minimum Gasteiger partial charge on any atom is -0.345 e. The number of fused-ring (bicyclic) bond motifs is 1. The highest BCUT2D eigenvalue weighted by atomic mass is 79.9. The number of rotatable bonds is 1. The Bertz CT molecular complexity index is 677. The van der Waals surface area contributed by atoms with E-state index in [0.29, 0.717) is 0 Å². The van der Waals surface area contributed by atoms with Crippen LogP contribution in [-0.4, -0.2) is 21.9 Å². The number of hydrogen-bond acceptors (Lipinski definition) is 2. The molecule has 1 aliphatic rings. The van der Waals surface area contributed by atoms with Crippen molar-refractivity contribution in [2.45, 2.75) is 26.4 Å². The lowest BCUT2D eigenvalue weighted by molar-refractivity contribution is 0.0642. The Morgan fingerprint density at radius 3 is 2.75 bits per heavy atom. The molecule has 0 aromatic carbocycles. The van der Waals surface area contributed by atoms with Gasteiger partial charge in [-0.2, -0.15) is 0 Å². The Morgan fingerprint density at radius 1 is 1.35 bits per heavy atom. The van der Waals surface area contributed by atoms with Crippen molar-refractivity contribution in [3.63, 3.8) is 0 Å². The molecule has 3 nitrogen and oxygen atoms in total. The van der Waals surface area contributed by atoms with Crippen LogP contribution in [0.25, 0.3) is 0 Å². The molecule has 0 N–H and O–H groups in total. The zero-order valence-electron chi connectivity index (χ0n) is 11.2. The third-order valence-electron chi connectivity index (χ3n) is 3.84. The molecule has 3 rings (SSSR count). The van der Waals surface area contributed by atoms with E-state index in [4.69, 9.17) is 0 Å². The largest absolute Gasteiger partial charge is 0.345 e. The number of hydrogen-bond donors (Lipinski definition) is 0. The summed E-state index contributed by atoms with van der Waals surface area (Å²) in [4.78, 5) is 14.7. The predicted molar refractivity (Wildman–Crippen MR) is 88.3 cm³/mol. The predicted octanol–water partition coefficient (Wildman–Crippen LogP) is 4.60. The molecule has 0 fully saturated rings. The molecule has 1 aliphatic heterocycles. The maximum atomic E-state index is 12.7. The van der Waals surface area contributed by atoms with Crippen molar-refractivity contribution in [1.29, 1.82) is 0 Å². The van der Waals surface area contributed by atoms with Gasteiger partial charge in [-0.25, -0.2) is 0 Å². The minimum atomic E-state index is 0.0939. The summed E-state index contributed by atoms with van der Waals surface area (Å²) in [5.41, 5.74) is 3.22. The summed E-state index contributed by atoms with van der Waals surface area (Å²) in [5, 5.41) is 0. The van der Waals surface area contributed by atoms with Crippen LogP contribution in [-0.2, 0) is 6.54 Å². The van der Waals surface area contributed by atoms with Gasteiger partial charge in [0.05, 0.1) is 19.2 Å². The molecule has 1 unspecified atom stereocenters. The number of halogens is 2. The quantitative estimate of drug-likeness (QED) is 0.665. The van der Waals surface area contributed by atoms with Gasteiger partial charge in [-0.05, 0) is 63.9 Å². The monoisotopic (exact) mass is 416 g/mol. The van der Waals surface area contributed by atoms with E-state index in [-0.39, 0.29) is 11.9 Å². The van der Waals surface area contributed by atoms with Crippen LogP contribution in [0.5, 0.6) is 0 Å². The van der Waals surface area contributed by atoms with Crippen LogP contribution >= 0.6 is 43.2 Å². The van der Waals surface area contributed by atoms with Gasteiger partial charge in [0.1, 0.15) is 0 Å². The second-order valence-electron chi connectivity index (χ2n) is 4.96. The van der Waals surface area contributed by atoms with Gasteiger partial charge in [0.25, 0.3) is 5.91 Å². The number of aromatic nitrogens is 1. The molecule has 0 spiro atoms. The summed E-state index contributed by atoms with van der Waals surface area (Å²) in [6.45, 7) is 5.83. The fourth-order valence-corrected chi connectivity index (χ4v) is 5.52. The molecule has 3 heterocycles. The Kier molecular flexibility index (Phi) is 3.81. The SMILES string of the molecule is Cc1ccc2n1CCN(C(=O)c1cc(Br)sc1Br)C2C. The standard InChI is InChI=1S/C14H14Br2N2OS/c1-8-3-4-11-9(2)18(6-5-17(8)11)14(19)10-7-12(15)20-13(10)16/h3-4,7,9H,5-6H2,1-2H3. The lowest BCUT2D eigenvalue weighted by Gasteiger charge is -2.35. The topological polar surface area (TPSA) is 25.2 Å². The maximum Gasteiger partial charge on any atom is 0.256 e. The summed E-state index contributed by atoms with van der Waals surface area (Å²) in [7, 11) is 0. The summed E-state index contributed by atoms with van der Waals surface area (Å²) in [6.07, 6.45) is 0. The second-order valence-corrected chi connectivity index (χ2v) is 8.71. The first-order chi connectivity index (χ1) is 9.49.